The van der Waals surface area contributed by atoms with Crippen LogP contribution in [0.4, 0.5) is 0 Å². The summed E-state index contributed by atoms with van der Waals surface area (Å²) < 4.78 is 103. The van der Waals surface area contributed by atoms with Crippen molar-refractivity contribution in [3.63, 3.8) is 0 Å². The van der Waals surface area contributed by atoms with E-state index in [0.717, 1.165) is 11.2 Å². The Bertz CT molecular complexity index is 1200. The number of carbonyl (C=O) groups excluding carboxylic acids is 2. The van der Waals surface area contributed by atoms with Crippen molar-refractivity contribution in [3.8, 4) is 0 Å². The quantitative estimate of drug-likeness (QED) is 0.0611. The van der Waals surface area contributed by atoms with E-state index in [2.05, 4.69) is 17.2 Å². The number of nitrogens with one attached hydrogen (secondary N) is 2. The van der Waals surface area contributed by atoms with E-state index in [1.54, 1.807) is 0 Å². The second-order valence-corrected chi connectivity index (χ2v) is 18.4. The first-order valence-corrected chi connectivity index (χ1v) is 30.2. The van der Waals surface area contributed by atoms with E-state index in [1.165, 1.54) is 81.0 Å². The van der Waals surface area contributed by atoms with Gasteiger partial charge in [0.1, 0.15) is 9.15 Å². The van der Waals surface area contributed by atoms with Crippen molar-refractivity contribution >= 4 is 138 Å². The zero-order chi connectivity index (χ0) is 32.3. The molecule has 14 nitrogen and oxygen atoms in total. The molecule has 0 saturated carbocycles. The molecule has 0 aromatic carbocycles. The first-order valence-electron chi connectivity index (χ1n) is 11.1. The molecule has 0 radical (unpaired) electrons. The maximum absolute atomic E-state index is 11.5. The van der Waals surface area contributed by atoms with Gasteiger partial charge in [-0.3, -0.25) is 9.59 Å². The Labute approximate surface area is 310 Å². The van der Waals surface area contributed by atoms with Crippen LogP contribution in [0.15, 0.2) is 12.0 Å². The monoisotopic (exact) mass is 768 g/mol. The van der Waals surface area contributed by atoms with Crippen LogP contribution in [0.3, 0.4) is 0 Å². The molecular formula is C16H31N2Na3O12S8. The molecule has 0 saturated heterocycles. The van der Waals surface area contributed by atoms with Gasteiger partial charge in [0.15, 0.2) is 19.7 Å². The summed E-state index contributed by atoms with van der Waals surface area (Å²) in [7, 11) is -13.7. The average molecular weight is 769 g/mol. The molecule has 0 aliphatic carbocycles. The molecule has 0 bridgehead atoms. The summed E-state index contributed by atoms with van der Waals surface area (Å²) in [5.41, 5.74) is 0. The van der Waals surface area contributed by atoms with Gasteiger partial charge in [-0.1, -0.05) is 6.58 Å². The van der Waals surface area contributed by atoms with Crippen molar-refractivity contribution in [2.45, 2.75) is 13.8 Å². The molecule has 41 heavy (non-hydrogen) atoms. The predicted octanol–water partition coefficient (Wildman–Crippen LogP) is -4.89. The Morgan fingerprint density at radius 3 is 1.51 bits per heavy atom. The van der Waals surface area contributed by atoms with E-state index in [9.17, 15) is 39.4 Å². The third kappa shape index (κ3) is 55.2. The number of sulfone groups is 2. The van der Waals surface area contributed by atoms with Crippen LogP contribution in [0.2, 0.25) is 0 Å². The number of hydrogen-bond donors (Lipinski definition) is 2. The molecule has 0 aromatic rings. The number of carbonyl (C=O) groups is 2. The zero-order valence-electron chi connectivity index (χ0n) is 23.5. The molecule has 0 rings (SSSR count). The van der Waals surface area contributed by atoms with Gasteiger partial charge in [0, 0.05) is 61.1 Å². The van der Waals surface area contributed by atoms with Crippen LogP contribution >= 0.6 is 34.3 Å². The van der Waals surface area contributed by atoms with E-state index in [1.807, 2.05) is 0 Å². The second-order valence-electron chi connectivity index (χ2n) is 6.38. The van der Waals surface area contributed by atoms with Crippen LogP contribution < -0.4 is 40.2 Å². The zero-order valence-corrected chi connectivity index (χ0v) is 36.1. The molecule has 0 aliphatic heterocycles. The first-order chi connectivity index (χ1) is 18.4. The number of rotatable bonds is 17. The number of thioether (sulfide) groups is 2. The van der Waals surface area contributed by atoms with Gasteiger partial charge in [-0.15, -0.1) is 0 Å². The first kappa shape index (κ1) is 52.9. The van der Waals surface area contributed by atoms with Gasteiger partial charge in [-0.25, -0.2) is 25.3 Å². The van der Waals surface area contributed by atoms with Gasteiger partial charge in [-0.2, -0.15) is 36.2 Å². The van der Waals surface area contributed by atoms with Gasteiger partial charge in [-0.05, 0) is 10.8 Å². The van der Waals surface area contributed by atoms with Gasteiger partial charge in [0.25, 0.3) is 0 Å². The Hall–Kier alpha value is 2.38. The summed E-state index contributed by atoms with van der Waals surface area (Å²) in [6, 6.07) is 0. The fourth-order valence-corrected chi connectivity index (χ4v) is 8.49. The van der Waals surface area contributed by atoms with E-state index in [4.69, 9.17) is 12.6 Å². The van der Waals surface area contributed by atoms with Gasteiger partial charge < -0.3 is 15.2 Å². The minimum absolute atomic E-state index is 0. The molecule has 0 heterocycles. The average Bonchev–Trinajstić information content (AvgIpc) is 2.84. The van der Waals surface area contributed by atoms with Crippen LogP contribution in [-0.2, 0) is 57.9 Å². The van der Waals surface area contributed by atoms with Gasteiger partial charge >= 0.3 is 82.4 Å². The van der Waals surface area contributed by atoms with Crippen molar-refractivity contribution < 1.29 is 81.6 Å². The Morgan fingerprint density at radius 1 is 0.829 bits per heavy atom. The summed E-state index contributed by atoms with van der Waals surface area (Å²) in [6.07, 6.45) is 0. The van der Waals surface area contributed by atoms with E-state index in [-0.39, 0.29) is 75.2 Å². The topological polar surface area (TPSA) is 235 Å². The SMILES string of the molecule is C=CS(=O)(=O)CCSCCNC(C)=O.CC(=O)NCCSCCS(=O)(=O)CCSS(=O)(=O)[O-].O=S=S(=O)=O.[Na+].[Na][Na]. The summed E-state index contributed by atoms with van der Waals surface area (Å²) >= 11 is 5.77. The Kier molecular flexibility index (Phi) is 43.5. The minimum atomic E-state index is -4.43. The van der Waals surface area contributed by atoms with Crippen molar-refractivity contribution in [3.05, 3.63) is 12.0 Å². The molecule has 0 fully saturated rings. The molecule has 228 valence electrons. The van der Waals surface area contributed by atoms with Crippen LogP contribution in [0.25, 0.3) is 0 Å². The summed E-state index contributed by atoms with van der Waals surface area (Å²) in [6.45, 7) is 7.12. The number of amides is 2. The van der Waals surface area contributed by atoms with Crippen LogP contribution in [0.1, 0.15) is 13.8 Å². The molecular weight excluding hydrogens is 738 g/mol. The number of hydrogen-bond acceptors (Lipinski definition) is 15. The molecule has 0 atom stereocenters. The third-order valence-electron chi connectivity index (χ3n) is 3.22. The molecule has 0 unspecified atom stereocenters. The summed E-state index contributed by atoms with van der Waals surface area (Å²) in [5, 5.41) is 6.18. The van der Waals surface area contributed by atoms with E-state index in [0.29, 0.717) is 30.3 Å². The normalized spacial score (nSPS) is 10.4. The fourth-order valence-electron chi connectivity index (χ4n) is 1.61. The van der Waals surface area contributed by atoms with Gasteiger partial charge in [0.05, 0.1) is 17.3 Å². The van der Waals surface area contributed by atoms with E-state index >= 15 is 0 Å². The third-order valence-corrected chi connectivity index (χ3v) is 11.4. The van der Waals surface area contributed by atoms with E-state index < -0.39 is 48.3 Å². The van der Waals surface area contributed by atoms with Crippen molar-refractivity contribution in [2.24, 2.45) is 0 Å². The van der Waals surface area contributed by atoms with Crippen molar-refractivity contribution in [2.75, 3.05) is 59.1 Å². The maximum atomic E-state index is 11.5. The predicted molar refractivity (Wildman–Crippen MR) is 165 cm³/mol. The fraction of sp³-hybridized carbons (Fsp3) is 0.750. The molecule has 25 heteroatoms. The van der Waals surface area contributed by atoms with Crippen LogP contribution in [0, 0.1) is 0 Å². The molecule has 0 spiro atoms. The molecule has 0 aliphatic rings. The molecule has 0 aromatic heterocycles. The van der Waals surface area contributed by atoms with Gasteiger partial charge in [0.2, 0.25) is 22.0 Å². The standard InChI is InChI=1S/C8H17NO6S4.C8H15NO3S2.3Na.O3S2/c1-8(10)9-2-3-16-4-6-18(11,12)7-5-17-19(13,14)15;1-3-14(11,12)7-6-13-5-4-9-8(2)10;;;;1-4-5(2)3/h2-7H2,1H3,(H,9,10)(H,13,14,15);3H,1,4-7H2,2H3,(H,9,10);;;;/q;;;;+1;/p-1. The Balaban J connectivity index is -0.000000172. The second kappa shape index (κ2) is 33.7. The molecule has 2 N–H and O–H groups in total. The van der Waals surface area contributed by atoms with Crippen molar-refractivity contribution in [1.82, 2.24) is 10.6 Å². The Morgan fingerprint density at radius 2 is 1.20 bits per heavy atom. The van der Waals surface area contributed by atoms with Crippen LogP contribution in [-0.4, -0.2) is 157 Å². The van der Waals surface area contributed by atoms with Crippen molar-refractivity contribution in [1.29, 1.82) is 0 Å². The summed E-state index contributed by atoms with van der Waals surface area (Å²) in [5.74, 6) is 1.51. The summed E-state index contributed by atoms with van der Waals surface area (Å²) in [4.78, 5) is 21.0. The molecule has 2 amide bonds. The van der Waals surface area contributed by atoms with Crippen LogP contribution in [0.5, 0.6) is 0 Å².